The SMILES string of the molecule is CCCC(OCC)c1noc(C2(N)CCC(C)CC2)n1. The van der Waals surface area contributed by atoms with Crippen molar-refractivity contribution in [1.29, 1.82) is 0 Å². The molecule has 1 aromatic rings. The number of aromatic nitrogens is 2. The van der Waals surface area contributed by atoms with Crippen molar-refractivity contribution in [2.24, 2.45) is 11.7 Å². The lowest BCUT2D eigenvalue weighted by atomic mass is 9.78. The Bertz CT molecular complexity index is 405. The fourth-order valence-electron chi connectivity index (χ4n) is 2.81. The molecule has 0 aromatic carbocycles. The molecule has 20 heavy (non-hydrogen) atoms. The lowest BCUT2D eigenvalue weighted by Crippen LogP contribution is -2.40. The maximum atomic E-state index is 6.47. The summed E-state index contributed by atoms with van der Waals surface area (Å²) in [5.41, 5.74) is 6.02. The number of nitrogens with two attached hydrogens (primary N) is 1. The van der Waals surface area contributed by atoms with Crippen LogP contribution in [-0.4, -0.2) is 16.7 Å². The van der Waals surface area contributed by atoms with E-state index >= 15 is 0 Å². The summed E-state index contributed by atoms with van der Waals surface area (Å²) in [6, 6.07) is 0. The highest BCUT2D eigenvalue weighted by Crippen LogP contribution is 2.37. The quantitative estimate of drug-likeness (QED) is 0.865. The Labute approximate surface area is 121 Å². The van der Waals surface area contributed by atoms with Crippen LogP contribution in [-0.2, 0) is 10.3 Å². The Balaban J connectivity index is 2.11. The first kappa shape index (κ1) is 15.4. The largest absolute Gasteiger partial charge is 0.370 e. The first-order chi connectivity index (χ1) is 9.59. The van der Waals surface area contributed by atoms with Crippen LogP contribution in [0.25, 0.3) is 0 Å². The molecule has 1 fully saturated rings. The molecule has 0 amide bonds. The Morgan fingerprint density at radius 2 is 2.10 bits per heavy atom. The predicted molar refractivity (Wildman–Crippen MR) is 77.1 cm³/mol. The maximum Gasteiger partial charge on any atom is 0.246 e. The van der Waals surface area contributed by atoms with Crippen LogP contribution in [0, 0.1) is 5.92 Å². The molecule has 2 N–H and O–H groups in total. The summed E-state index contributed by atoms with van der Waals surface area (Å²) in [6.45, 7) is 7.03. The molecule has 1 heterocycles. The number of ether oxygens (including phenoxy) is 1. The van der Waals surface area contributed by atoms with Gasteiger partial charge in [0.1, 0.15) is 6.10 Å². The van der Waals surface area contributed by atoms with Gasteiger partial charge >= 0.3 is 0 Å². The van der Waals surface area contributed by atoms with E-state index in [4.69, 9.17) is 15.0 Å². The molecule has 1 unspecified atom stereocenters. The van der Waals surface area contributed by atoms with Gasteiger partial charge in [0.15, 0.2) is 0 Å². The fraction of sp³-hybridized carbons (Fsp3) is 0.867. The van der Waals surface area contributed by atoms with Crippen LogP contribution in [0.1, 0.15) is 77.1 Å². The molecule has 2 rings (SSSR count). The summed E-state index contributed by atoms with van der Waals surface area (Å²) in [7, 11) is 0. The van der Waals surface area contributed by atoms with Crippen LogP contribution in [0.5, 0.6) is 0 Å². The Hall–Kier alpha value is -0.940. The molecule has 5 heteroatoms. The van der Waals surface area contributed by atoms with Gasteiger partial charge in [0, 0.05) is 6.61 Å². The summed E-state index contributed by atoms with van der Waals surface area (Å²) in [5, 5.41) is 4.10. The van der Waals surface area contributed by atoms with Crippen molar-refractivity contribution in [3.63, 3.8) is 0 Å². The van der Waals surface area contributed by atoms with E-state index in [1.807, 2.05) is 6.92 Å². The van der Waals surface area contributed by atoms with Crippen molar-refractivity contribution < 1.29 is 9.26 Å². The highest BCUT2D eigenvalue weighted by molar-refractivity contribution is 5.05. The molecule has 0 saturated heterocycles. The van der Waals surface area contributed by atoms with E-state index in [0.29, 0.717) is 18.3 Å². The molecule has 1 aromatic heterocycles. The minimum Gasteiger partial charge on any atom is -0.370 e. The predicted octanol–water partition coefficient (Wildman–Crippen LogP) is 3.31. The van der Waals surface area contributed by atoms with E-state index in [1.54, 1.807) is 0 Å². The highest BCUT2D eigenvalue weighted by Gasteiger charge is 2.37. The standard InChI is InChI=1S/C15H27N3O2/c1-4-6-12(19-5-2)13-17-14(20-18-13)15(16)9-7-11(3)8-10-15/h11-12H,4-10,16H2,1-3H3. The normalized spacial score (nSPS) is 28.5. The van der Waals surface area contributed by atoms with Crippen LogP contribution in [0.15, 0.2) is 4.52 Å². The fourth-order valence-corrected chi connectivity index (χ4v) is 2.81. The summed E-state index contributed by atoms with van der Waals surface area (Å²) in [4.78, 5) is 4.54. The Kier molecular flexibility index (Phi) is 5.16. The molecule has 0 bridgehead atoms. The highest BCUT2D eigenvalue weighted by atomic mass is 16.5. The molecule has 1 aliphatic carbocycles. The lowest BCUT2D eigenvalue weighted by Gasteiger charge is -2.32. The molecular formula is C15H27N3O2. The monoisotopic (exact) mass is 281 g/mol. The van der Waals surface area contributed by atoms with Gasteiger partial charge in [-0.2, -0.15) is 4.98 Å². The number of rotatable bonds is 6. The third-order valence-corrected chi connectivity index (χ3v) is 4.24. The van der Waals surface area contributed by atoms with Crippen molar-refractivity contribution in [2.75, 3.05) is 6.61 Å². The lowest BCUT2D eigenvalue weighted by molar-refractivity contribution is 0.0477. The van der Waals surface area contributed by atoms with Crippen molar-refractivity contribution in [3.8, 4) is 0 Å². The molecule has 0 spiro atoms. The van der Waals surface area contributed by atoms with Crippen LogP contribution in [0.4, 0.5) is 0 Å². The zero-order valence-electron chi connectivity index (χ0n) is 12.9. The Morgan fingerprint density at radius 1 is 1.40 bits per heavy atom. The van der Waals surface area contributed by atoms with Crippen LogP contribution < -0.4 is 5.73 Å². The van der Waals surface area contributed by atoms with Gasteiger partial charge in [-0.25, -0.2) is 0 Å². The van der Waals surface area contributed by atoms with Crippen LogP contribution in [0.3, 0.4) is 0 Å². The van der Waals surface area contributed by atoms with Crippen LogP contribution in [0.2, 0.25) is 0 Å². The second-order valence-electron chi connectivity index (χ2n) is 6.03. The molecule has 114 valence electrons. The topological polar surface area (TPSA) is 74.2 Å². The smallest absolute Gasteiger partial charge is 0.246 e. The van der Waals surface area contributed by atoms with Gasteiger partial charge in [0.05, 0.1) is 5.54 Å². The van der Waals surface area contributed by atoms with E-state index in [9.17, 15) is 0 Å². The Morgan fingerprint density at radius 3 is 2.70 bits per heavy atom. The first-order valence-corrected chi connectivity index (χ1v) is 7.83. The van der Waals surface area contributed by atoms with E-state index in [-0.39, 0.29) is 6.10 Å². The third kappa shape index (κ3) is 3.38. The third-order valence-electron chi connectivity index (χ3n) is 4.24. The number of hydrogen-bond donors (Lipinski definition) is 1. The van der Waals surface area contributed by atoms with Crippen LogP contribution >= 0.6 is 0 Å². The average molecular weight is 281 g/mol. The summed E-state index contributed by atoms with van der Waals surface area (Å²) >= 11 is 0. The second kappa shape index (κ2) is 6.68. The van der Waals surface area contributed by atoms with Gasteiger partial charge in [0.2, 0.25) is 11.7 Å². The summed E-state index contributed by atoms with van der Waals surface area (Å²) < 4.78 is 11.1. The van der Waals surface area contributed by atoms with E-state index < -0.39 is 5.54 Å². The number of hydrogen-bond acceptors (Lipinski definition) is 5. The molecule has 1 atom stereocenters. The van der Waals surface area contributed by atoms with Gasteiger partial charge < -0.3 is 15.0 Å². The van der Waals surface area contributed by atoms with Crippen molar-refractivity contribution in [1.82, 2.24) is 10.1 Å². The minimum atomic E-state index is -0.444. The van der Waals surface area contributed by atoms with E-state index in [0.717, 1.165) is 44.4 Å². The van der Waals surface area contributed by atoms with Crippen molar-refractivity contribution in [3.05, 3.63) is 11.7 Å². The van der Waals surface area contributed by atoms with Gasteiger partial charge in [-0.15, -0.1) is 0 Å². The van der Waals surface area contributed by atoms with E-state index in [1.165, 1.54) is 0 Å². The zero-order valence-corrected chi connectivity index (χ0v) is 12.9. The molecule has 1 saturated carbocycles. The zero-order chi connectivity index (χ0) is 14.6. The van der Waals surface area contributed by atoms with Crippen molar-refractivity contribution >= 4 is 0 Å². The van der Waals surface area contributed by atoms with Gasteiger partial charge in [0.25, 0.3) is 0 Å². The van der Waals surface area contributed by atoms with Crippen molar-refractivity contribution in [2.45, 2.75) is 70.9 Å². The average Bonchev–Trinajstić information content (AvgIpc) is 2.92. The summed E-state index contributed by atoms with van der Waals surface area (Å²) in [5.74, 6) is 1.97. The van der Waals surface area contributed by atoms with Gasteiger partial charge in [-0.3, -0.25) is 0 Å². The second-order valence-corrected chi connectivity index (χ2v) is 6.03. The van der Waals surface area contributed by atoms with Gasteiger partial charge in [-0.1, -0.05) is 25.4 Å². The molecule has 0 radical (unpaired) electrons. The molecule has 5 nitrogen and oxygen atoms in total. The maximum absolute atomic E-state index is 6.47. The molecular weight excluding hydrogens is 254 g/mol. The van der Waals surface area contributed by atoms with Gasteiger partial charge in [-0.05, 0) is 44.9 Å². The molecule has 1 aliphatic rings. The van der Waals surface area contributed by atoms with E-state index in [2.05, 4.69) is 24.0 Å². The molecule has 0 aliphatic heterocycles. The summed E-state index contributed by atoms with van der Waals surface area (Å²) in [6.07, 6.45) is 5.94. The first-order valence-electron chi connectivity index (χ1n) is 7.83. The number of nitrogens with zero attached hydrogens (tertiary/aromatic N) is 2. The minimum absolute atomic E-state index is 0.0754.